The van der Waals surface area contributed by atoms with Crippen molar-refractivity contribution < 1.29 is 14.3 Å². The Morgan fingerprint density at radius 3 is 2.44 bits per heavy atom. The third-order valence-electron chi connectivity index (χ3n) is 6.11. The molecule has 1 unspecified atom stereocenters. The van der Waals surface area contributed by atoms with E-state index in [0.717, 1.165) is 46.2 Å². The van der Waals surface area contributed by atoms with Gasteiger partial charge in [-0.25, -0.2) is 4.68 Å². The van der Waals surface area contributed by atoms with Gasteiger partial charge < -0.3 is 20.1 Å². The summed E-state index contributed by atoms with van der Waals surface area (Å²) in [6, 6.07) is 14.2. The van der Waals surface area contributed by atoms with Gasteiger partial charge in [0.2, 0.25) is 5.91 Å². The number of nitrogens with one attached hydrogen (secondary N) is 2. The molecule has 0 radical (unpaired) electrons. The monoisotopic (exact) mass is 462 g/mol. The van der Waals surface area contributed by atoms with Crippen LogP contribution in [-0.2, 0) is 4.79 Å². The molecule has 0 bridgehead atoms. The summed E-state index contributed by atoms with van der Waals surface area (Å²) in [6.45, 7) is 11.7. The number of fused-ring (bicyclic) bond motifs is 1. The lowest BCUT2D eigenvalue weighted by Gasteiger charge is -2.23. The normalized spacial score (nSPS) is 14.1. The van der Waals surface area contributed by atoms with E-state index in [4.69, 9.17) is 9.47 Å². The van der Waals surface area contributed by atoms with E-state index in [1.54, 1.807) is 0 Å². The molecule has 0 aliphatic carbocycles. The van der Waals surface area contributed by atoms with Gasteiger partial charge in [0, 0.05) is 12.5 Å². The Kier molecular flexibility index (Phi) is 7.22. The zero-order valence-corrected chi connectivity index (χ0v) is 20.6. The number of hydrogen-bond acceptors (Lipinski definition) is 5. The molecule has 2 N–H and O–H groups in total. The number of amides is 1. The second-order valence-electron chi connectivity index (χ2n) is 9.20. The van der Waals surface area contributed by atoms with Gasteiger partial charge in [0.15, 0.2) is 11.5 Å². The number of ether oxygens (including phenoxy) is 2. The number of carbonyl (C=O) groups excluding carboxylic acids is 1. The minimum Gasteiger partial charge on any atom is -0.490 e. The molecule has 7 heteroatoms. The molecule has 34 heavy (non-hydrogen) atoms. The summed E-state index contributed by atoms with van der Waals surface area (Å²) in [6.07, 6.45) is 0.870. The van der Waals surface area contributed by atoms with Crippen LogP contribution in [-0.4, -0.2) is 35.4 Å². The molecule has 1 aromatic heterocycles. The first-order valence-corrected chi connectivity index (χ1v) is 11.9. The molecule has 1 aliphatic heterocycles. The quantitative estimate of drug-likeness (QED) is 0.523. The molecule has 0 fully saturated rings. The summed E-state index contributed by atoms with van der Waals surface area (Å²) in [5.74, 6) is 1.72. The second kappa shape index (κ2) is 10.3. The fourth-order valence-electron chi connectivity index (χ4n) is 4.26. The molecule has 180 valence electrons. The minimum atomic E-state index is -0.102. The van der Waals surface area contributed by atoms with Crippen LogP contribution in [0.5, 0.6) is 11.5 Å². The summed E-state index contributed by atoms with van der Waals surface area (Å²) in [7, 11) is 0. The summed E-state index contributed by atoms with van der Waals surface area (Å²) >= 11 is 0. The average Bonchev–Trinajstić information content (AvgIpc) is 2.97. The molecule has 0 saturated heterocycles. The van der Waals surface area contributed by atoms with Crippen molar-refractivity contribution >= 4 is 11.6 Å². The maximum Gasteiger partial charge on any atom is 0.238 e. The van der Waals surface area contributed by atoms with Crippen LogP contribution < -0.4 is 20.1 Å². The van der Waals surface area contributed by atoms with Gasteiger partial charge in [-0.3, -0.25) is 4.79 Å². The number of anilines is 1. The van der Waals surface area contributed by atoms with Gasteiger partial charge in [-0.05, 0) is 56.5 Å². The van der Waals surface area contributed by atoms with Gasteiger partial charge >= 0.3 is 0 Å². The van der Waals surface area contributed by atoms with E-state index in [2.05, 4.69) is 48.6 Å². The first kappa shape index (κ1) is 23.8. The van der Waals surface area contributed by atoms with Gasteiger partial charge in [-0.2, -0.15) is 5.10 Å². The third kappa shape index (κ3) is 5.25. The topological polar surface area (TPSA) is 77.4 Å². The lowest BCUT2D eigenvalue weighted by Crippen LogP contribution is -2.33. The smallest absolute Gasteiger partial charge is 0.238 e. The maximum absolute atomic E-state index is 12.9. The largest absolute Gasteiger partial charge is 0.490 e. The van der Waals surface area contributed by atoms with E-state index in [9.17, 15) is 4.79 Å². The van der Waals surface area contributed by atoms with Crippen LogP contribution in [0, 0.1) is 26.7 Å². The molecule has 1 aliphatic rings. The van der Waals surface area contributed by atoms with E-state index in [1.165, 1.54) is 5.56 Å². The molecule has 2 heterocycles. The first-order chi connectivity index (χ1) is 16.3. The molecule has 4 rings (SSSR count). The standard InChI is InChI=1S/C27H34N4O3/c1-17(2)26(21-9-12-23-24(15-21)34-14-6-13-33-23)28-16-25(32)29-27-19(4)30-31(20(27)5)22-10-7-18(3)8-11-22/h7-12,15,17,26,28H,6,13-14,16H2,1-5H3,(H,29,32). The number of rotatable bonds is 7. The van der Waals surface area contributed by atoms with Crippen LogP contribution in [0.2, 0.25) is 0 Å². The van der Waals surface area contributed by atoms with Gasteiger partial charge in [0.25, 0.3) is 0 Å². The molecule has 3 aromatic rings. The Morgan fingerprint density at radius 2 is 1.74 bits per heavy atom. The molecule has 1 atom stereocenters. The molecule has 2 aromatic carbocycles. The van der Waals surface area contributed by atoms with Crippen LogP contribution in [0.1, 0.15) is 48.8 Å². The SMILES string of the molecule is Cc1ccc(-n2nc(C)c(NC(=O)CNC(c3ccc4c(c3)OCCCO4)C(C)C)c2C)cc1. The molecule has 7 nitrogen and oxygen atoms in total. The van der Waals surface area contributed by atoms with Crippen molar-refractivity contribution in [3.8, 4) is 17.2 Å². The Morgan fingerprint density at radius 1 is 1.03 bits per heavy atom. The molecule has 1 amide bonds. The van der Waals surface area contributed by atoms with Crippen molar-refractivity contribution in [2.75, 3.05) is 25.1 Å². The number of benzene rings is 2. The highest BCUT2D eigenvalue weighted by Gasteiger charge is 2.21. The number of nitrogens with zero attached hydrogens (tertiary/aromatic N) is 2. The predicted octanol–water partition coefficient (Wildman–Crippen LogP) is 4.88. The number of hydrogen-bond donors (Lipinski definition) is 2. The van der Waals surface area contributed by atoms with E-state index >= 15 is 0 Å². The molecule has 0 saturated carbocycles. The van der Waals surface area contributed by atoms with Gasteiger partial charge in [-0.15, -0.1) is 0 Å². The highest BCUT2D eigenvalue weighted by atomic mass is 16.5. The van der Waals surface area contributed by atoms with Crippen molar-refractivity contribution in [1.82, 2.24) is 15.1 Å². The number of aromatic nitrogens is 2. The maximum atomic E-state index is 12.9. The van der Waals surface area contributed by atoms with Crippen LogP contribution in [0.15, 0.2) is 42.5 Å². The second-order valence-corrected chi connectivity index (χ2v) is 9.20. The zero-order chi connectivity index (χ0) is 24.2. The highest BCUT2D eigenvalue weighted by molar-refractivity contribution is 5.93. The Bertz CT molecular complexity index is 1150. The summed E-state index contributed by atoms with van der Waals surface area (Å²) in [5, 5.41) is 11.1. The van der Waals surface area contributed by atoms with Gasteiger partial charge in [0.1, 0.15) is 0 Å². The van der Waals surface area contributed by atoms with E-state index in [0.29, 0.717) is 13.2 Å². The van der Waals surface area contributed by atoms with Crippen molar-refractivity contribution in [2.24, 2.45) is 5.92 Å². The molecule has 0 spiro atoms. The Labute approximate surface area is 201 Å². The fourth-order valence-corrected chi connectivity index (χ4v) is 4.26. The lowest BCUT2D eigenvalue weighted by atomic mass is 9.95. The molecular formula is C27H34N4O3. The number of aryl methyl sites for hydroxylation is 2. The average molecular weight is 463 g/mol. The van der Waals surface area contributed by atoms with Crippen LogP contribution >= 0.6 is 0 Å². The van der Waals surface area contributed by atoms with Gasteiger partial charge in [0.05, 0.1) is 42.5 Å². The third-order valence-corrected chi connectivity index (χ3v) is 6.11. The summed E-state index contributed by atoms with van der Waals surface area (Å²) in [4.78, 5) is 12.9. The summed E-state index contributed by atoms with van der Waals surface area (Å²) < 4.78 is 13.5. The van der Waals surface area contributed by atoms with Crippen molar-refractivity contribution in [1.29, 1.82) is 0 Å². The van der Waals surface area contributed by atoms with Crippen molar-refractivity contribution in [3.05, 3.63) is 65.0 Å². The summed E-state index contributed by atoms with van der Waals surface area (Å²) in [5.41, 5.74) is 5.68. The van der Waals surface area contributed by atoms with E-state index < -0.39 is 0 Å². The molecular weight excluding hydrogens is 428 g/mol. The van der Waals surface area contributed by atoms with Crippen LogP contribution in [0.3, 0.4) is 0 Å². The fraction of sp³-hybridized carbons (Fsp3) is 0.407. The minimum absolute atomic E-state index is 0.000351. The predicted molar refractivity (Wildman–Crippen MR) is 134 cm³/mol. The van der Waals surface area contributed by atoms with Gasteiger partial charge in [-0.1, -0.05) is 37.6 Å². The van der Waals surface area contributed by atoms with E-state index in [-0.39, 0.29) is 24.4 Å². The van der Waals surface area contributed by atoms with E-state index in [1.807, 2.05) is 48.9 Å². The Hall–Kier alpha value is -3.32. The Balaban J connectivity index is 1.44. The van der Waals surface area contributed by atoms with Crippen LogP contribution in [0.25, 0.3) is 5.69 Å². The first-order valence-electron chi connectivity index (χ1n) is 11.9. The van der Waals surface area contributed by atoms with Crippen molar-refractivity contribution in [2.45, 2.75) is 47.1 Å². The lowest BCUT2D eigenvalue weighted by molar-refractivity contribution is -0.115. The van der Waals surface area contributed by atoms with Crippen molar-refractivity contribution in [3.63, 3.8) is 0 Å². The number of carbonyl (C=O) groups is 1. The highest BCUT2D eigenvalue weighted by Crippen LogP contribution is 2.34. The zero-order valence-electron chi connectivity index (χ0n) is 20.6. The van der Waals surface area contributed by atoms with Crippen LogP contribution in [0.4, 0.5) is 5.69 Å².